The number of aliphatic hydroxyl groups excluding tert-OH is 1. The Balaban J connectivity index is 1.92. The molecule has 0 spiro atoms. The SMILES string of the molecule is O=C(C[C@@H](O)c1ccncc1)N1CCSC1. The lowest BCUT2D eigenvalue weighted by Crippen LogP contribution is -2.29. The van der Waals surface area contributed by atoms with E-state index in [1.165, 1.54) is 0 Å². The van der Waals surface area contributed by atoms with Crippen molar-refractivity contribution in [2.24, 2.45) is 0 Å². The topological polar surface area (TPSA) is 53.4 Å². The highest BCUT2D eigenvalue weighted by Gasteiger charge is 2.21. The standard InChI is InChI=1S/C11H14N2O2S/c14-10(9-1-3-12-4-2-9)7-11(15)13-5-6-16-8-13/h1-4,10,14H,5-8H2/t10-/m1/s1. The molecule has 0 radical (unpaired) electrons. The van der Waals surface area contributed by atoms with E-state index in [0.717, 1.165) is 23.7 Å². The molecule has 0 bridgehead atoms. The third-order valence-corrected chi connectivity index (χ3v) is 3.53. The molecule has 1 aromatic rings. The molecule has 1 aliphatic heterocycles. The average Bonchev–Trinajstić information content (AvgIpc) is 2.83. The Labute approximate surface area is 98.7 Å². The molecular weight excluding hydrogens is 224 g/mol. The van der Waals surface area contributed by atoms with Crippen LogP contribution in [-0.4, -0.2) is 39.1 Å². The molecule has 1 saturated heterocycles. The number of pyridine rings is 1. The highest BCUT2D eigenvalue weighted by atomic mass is 32.2. The van der Waals surface area contributed by atoms with Crippen molar-refractivity contribution < 1.29 is 9.90 Å². The highest BCUT2D eigenvalue weighted by molar-refractivity contribution is 7.99. The van der Waals surface area contributed by atoms with Gasteiger partial charge in [-0.3, -0.25) is 9.78 Å². The van der Waals surface area contributed by atoms with E-state index in [1.807, 2.05) is 0 Å². The number of carbonyl (C=O) groups excluding carboxylic acids is 1. The molecular formula is C11H14N2O2S. The minimum atomic E-state index is -0.721. The van der Waals surface area contributed by atoms with Crippen LogP contribution >= 0.6 is 11.8 Å². The van der Waals surface area contributed by atoms with Crippen LogP contribution in [0, 0.1) is 0 Å². The Bertz CT molecular complexity index is 352. The van der Waals surface area contributed by atoms with Gasteiger partial charge in [-0.25, -0.2) is 0 Å². The number of rotatable bonds is 3. The Morgan fingerprint density at radius 3 is 2.94 bits per heavy atom. The second-order valence-electron chi connectivity index (χ2n) is 3.69. The molecule has 0 aromatic carbocycles. The smallest absolute Gasteiger partial charge is 0.226 e. The number of aromatic nitrogens is 1. The van der Waals surface area contributed by atoms with Crippen LogP contribution in [0.3, 0.4) is 0 Å². The number of aliphatic hydroxyl groups is 1. The highest BCUT2D eigenvalue weighted by Crippen LogP contribution is 2.20. The van der Waals surface area contributed by atoms with Crippen molar-refractivity contribution in [2.45, 2.75) is 12.5 Å². The molecule has 16 heavy (non-hydrogen) atoms. The van der Waals surface area contributed by atoms with Gasteiger partial charge < -0.3 is 10.0 Å². The first-order valence-corrected chi connectivity index (χ1v) is 6.36. The molecule has 5 heteroatoms. The minimum Gasteiger partial charge on any atom is -0.388 e. The summed E-state index contributed by atoms with van der Waals surface area (Å²) in [6.07, 6.45) is 2.68. The maximum atomic E-state index is 11.8. The third kappa shape index (κ3) is 2.74. The summed E-state index contributed by atoms with van der Waals surface area (Å²) in [6, 6.07) is 3.47. The van der Waals surface area contributed by atoms with Crippen molar-refractivity contribution in [2.75, 3.05) is 18.2 Å². The van der Waals surface area contributed by atoms with Gasteiger partial charge >= 0.3 is 0 Å². The molecule has 4 nitrogen and oxygen atoms in total. The predicted molar refractivity (Wildman–Crippen MR) is 62.9 cm³/mol. The fourth-order valence-electron chi connectivity index (χ4n) is 1.61. The van der Waals surface area contributed by atoms with E-state index < -0.39 is 6.10 Å². The molecule has 1 aromatic heterocycles. The first-order chi connectivity index (χ1) is 7.77. The molecule has 2 rings (SSSR count). The maximum absolute atomic E-state index is 11.8. The summed E-state index contributed by atoms with van der Waals surface area (Å²) in [5.41, 5.74) is 0.746. The summed E-state index contributed by atoms with van der Waals surface area (Å²) >= 11 is 1.75. The first-order valence-electron chi connectivity index (χ1n) is 5.21. The van der Waals surface area contributed by atoms with Gasteiger partial charge in [0.05, 0.1) is 18.4 Å². The second-order valence-corrected chi connectivity index (χ2v) is 4.77. The van der Waals surface area contributed by atoms with Crippen LogP contribution in [0.5, 0.6) is 0 Å². The second kappa shape index (κ2) is 5.32. The van der Waals surface area contributed by atoms with E-state index in [0.29, 0.717) is 0 Å². The fourth-order valence-corrected chi connectivity index (χ4v) is 2.58. The van der Waals surface area contributed by atoms with Gasteiger partial charge in [-0.05, 0) is 17.7 Å². The van der Waals surface area contributed by atoms with E-state index in [2.05, 4.69) is 4.98 Å². The van der Waals surface area contributed by atoms with Crippen molar-refractivity contribution in [1.82, 2.24) is 9.88 Å². The van der Waals surface area contributed by atoms with Gasteiger partial charge in [-0.1, -0.05) is 0 Å². The van der Waals surface area contributed by atoms with Gasteiger partial charge in [0.15, 0.2) is 0 Å². The van der Waals surface area contributed by atoms with Crippen molar-refractivity contribution in [3.63, 3.8) is 0 Å². The summed E-state index contributed by atoms with van der Waals surface area (Å²) in [7, 11) is 0. The van der Waals surface area contributed by atoms with Crippen LogP contribution in [0.25, 0.3) is 0 Å². The number of thioether (sulfide) groups is 1. The molecule has 1 atom stereocenters. The Hall–Kier alpha value is -1.07. The summed E-state index contributed by atoms with van der Waals surface area (Å²) in [5, 5.41) is 9.87. The van der Waals surface area contributed by atoms with Crippen molar-refractivity contribution in [3.05, 3.63) is 30.1 Å². The molecule has 1 fully saturated rings. The van der Waals surface area contributed by atoms with Crippen molar-refractivity contribution >= 4 is 17.7 Å². The quantitative estimate of drug-likeness (QED) is 0.855. The van der Waals surface area contributed by atoms with Crippen LogP contribution in [0.4, 0.5) is 0 Å². The van der Waals surface area contributed by atoms with Gasteiger partial charge in [0.1, 0.15) is 0 Å². The monoisotopic (exact) mass is 238 g/mol. The van der Waals surface area contributed by atoms with Gasteiger partial charge in [-0.15, -0.1) is 11.8 Å². The predicted octanol–water partition coefficient (Wildman–Crippen LogP) is 1.04. The maximum Gasteiger partial charge on any atom is 0.226 e. The summed E-state index contributed by atoms with van der Waals surface area (Å²) in [4.78, 5) is 17.4. The first kappa shape index (κ1) is 11.4. The van der Waals surface area contributed by atoms with E-state index in [1.54, 1.807) is 41.2 Å². The van der Waals surface area contributed by atoms with E-state index in [-0.39, 0.29) is 12.3 Å². The minimum absolute atomic E-state index is 0.0225. The van der Waals surface area contributed by atoms with Crippen LogP contribution in [0.2, 0.25) is 0 Å². The lowest BCUT2D eigenvalue weighted by molar-refractivity contribution is -0.131. The molecule has 86 valence electrons. The average molecular weight is 238 g/mol. The zero-order valence-corrected chi connectivity index (χ0v) is 9.69. The summed E-state index contributed by atoms with van der Waals surface area (Å²) < 4.78 is 0. The Morgan fingerprint density at radius 2 is 2.31 bits per heavy atom. The number of hydrogen-bond donors (Lipinski definition) is 1. The van der Waals surface area contributed by atoms with Gasteiger partial charge in [0.2, 0.25) is 5.91 Å². The van der Waals surface area contributed by atoms with Crippen LogP contribution < -0.4 is 0 Å². The van der Waals surface area contributed by atoms with Gasteiger partial charge in [0, 0.05) is 24.7 Å². The van der Waals surface area contributed by atoms with Gasteiger partial charge in [-0.2, -0.15) is 0 Å². The largest absolute Gasteiger partial charge is 0.388 e. The van der Waals surface area contributed by atoms with E-state index in [9.17, 15) is 9.90 Å². The summed E-state index contributed by atoms with van der Waals surface area (Å²) in [5.74, 6) is 1.77. The normalized spacial score (nSPS) is 17.4. The molecule has 1 aliphatic rings. The Kier molecular flexibility index (Phi) is 3.79. The molecule has 0 aliphatic carbocycles. The molecule has 1 amide bonds. The molecule has 1 N–H and O–H groups in total. The van der Waals surface area contributed by atoms with Crippen molar-refractivity contribution in [1.29, 1.82) is 0 Å². The van der Waals surface area contributed by atoms with Crippen LogP contribution in [0.15, 0.2) is 24.5 Å². The zero-order valence-electron chi connectivity index (χ0n) is 8.87. The number of carbonyl (C=O) groups is 1. The zero-order chi connectivity index (χ0) is 11.4. The third-order valence-electron chi connectivity index (χ3n) is 2.56. The number of hydrogen-bond acceptors (Lipinski definition) is 4. The molecule has 0 unspecified atom stereocenters. The fraction of sp³-hybridized carbons (Fsp3) is 0.455. The lowest BCUT2D eigenvalue weighted by Gasteiger charge is -2.17. The molecule has 0 saturated carbocycles. The number of amides is 1. The number of nitrogens with zero attached hydrogens (tertiary/aromatic N) is 2. The van der Waals surface area contributed by atoms with Crippen LogP contribution in [0.1, 0.15) is 18.1 Å². The summed E-state index contributed by atoms with van der Waals surface area (Å²) in [6.45, 7) is 0.798. The Morgan fingerprint density at radius 1 is 1.56 bits per heavy atom. The van der Waals surface area contributed by atoms with E-state index >= 15 is 0 Å². The van der Waals surface area contributed by atoms with Gasteiger partial charge in [0.25, 0.3) is 0 Å². The molecule has 2 heterocycles. The van der Waals surface area contributed by atoms with Crippen molar-refractivity contribution in [3.8, 4) is 0 Å². The van der Waals surface area contributed by atoms with E-state index in [4.69, 9.17) is 0 Å². The van der Waals surface area contributed by atoms with Crippen LogP contribution in [-0.2, 0) is 4.79 Å². The lowest BCUT2D eigenvalue weighted by atomic mass is 10.1.